The molecule has 0 atom stereocenters. The van der Waals surface area contributed by atoms with E-state index in [-0.39, 0.29) is 0 Å². The molecule has 1 saturated carbocycles. The van der Waals surface area contributed by atoms with E-state index in [1.165, 1.54) is 24.6 Å². The molecule has 1 aliphatic carbocycles. The number of hydrogen-bond acceptors (Lipinski definition) is 2. The summed E-state index contributed by atoms with van der Waals surface area (Å²) in [5.41, 5.74) is 2.16. The molecule has 1 aromatic carbocycles. The summed E-state index contributed by atoms with van der Waals surface area (Å²) in [6.45, 7) is 4.43. The second-order valence-corrected chi connectivity index (χ2v) is 5.15. The highest BCUT2D eigenvalue weighted by Crippen LogP contribution is 2.31. The molecule has 0 unspecified atom stereocenters. The van der Waals surface area contributed by atoms with Gasteiger partial charge in [-0.3, -0.25) is 0 Å². The Hall–Kier alpha value is -1.77. The number of carboxylic acids is 1. The number of aliphatic carboxylic acids is 1. The fraction of sp³-hybridized carbons (Fsp3) is 0.438. The van der Waals surface area contributed by atoms with Gasteiger partial charge in [0, 0.05) is 24.9 Å². The molecule has 0 aromatic heterocycles. The minimum absolute atomic E-state index is 0.873. The topological polar surface area (TPSA) is 40.5 Å². The molecule has 0 aliphatic heterocycles. The van der Waals surface area contributed by atoms with Crippen molar-refractivity contribution < 1.29 is 9.90 Å². The Morgan fingerprint density at radius 3 is 2.58 bits per heavy atom. The van der Waals surface area contributed by atoms with E-state index in [2.05, 4.69) is 24.0 Å². The molecule has 0 amide bonds. The largest absolute Gasteiger partial charge is 0.478 e. The molecule has 1 aliphatic rings. The number of carboxylic acid groups (broad SMARTS) is 1. The second kappa shape index (κ2) is 6.41. The van der Waals surface area contributed by atoms with Gasteiger partial charge in [0.15, 0.2) is 0 Å². The maximum Gasteiger partial charge on any atom is 0.328 e. The summed E-state index contributed by atoms with van der Waals surface area (Å²) in [6.07, 6.45) is 6.66. The average Bonchev–Trinajstić information content (AvgIpc) is 3.20. The Bertz CT molecular complexity index is 446. The zero-order chi connectivity index (χ0) is 13.7. The third-order valence-corrected chi connectivity index (χ3v) is 3.35. The summed E-state index contributed by atoms with van der Waals surface area (Å²) in [6, 6.07) is 8.12. The molecule has 1 fully saturated rings. The van der Waals surface area contributed by atoms with Crippen molar-refractivity contribution in [3.63, 3.8) is 0 Å². The van der Waals surface area contributed by atoms with Gasteiger partial charge in [0.05, 0.1) is 0 Å². The van der Waals surface area contributed by atoms with E-state index in [9.17, 15) is 4.79 Å². The predicted molar refractivity (Wildman–Crippen MR) is 78.3 cm³/mol. The molecular formula is C16H21NO2. The van der Waals surface area contributed by atoms with Crippen molar-refractivity contribution in [2.75, 3.05) is 18.0 Å². The molecule has 102 valence electrons. The number of rotatable bonds is 7. The monoisotopic (exact) mass is 259 g/mol. The van der Waals surface area contributed by atoms with Gasteiger partial charge in [0.1, 0.15) is 0 Å². The van der Waals surface area contributed by atoms with Crippen LogP contribution in [0.25, 0.3) is 6.08 Å². The van der Waals surface area contributed by atoms with E-state index in [4.69, 9.17) is 5.11 Å². The Balaban J connectivity index is 2.03. The minimum atomic E-state index is -0.912. The van der Waals surface area contributed by atoms with Crippen LogP contribution >= 0.6 is 0 Å². The number of carbonyl (C=O) groups is 1. The van der Waals surface area contributed by atoms with E-state index in [1.54, 1.807) is 6.08 Å². The standard InChI is InChI=1S/C16H21NO2/c1-2-11-17(12-14-3-4-14)15-8-5-13(6-9-15)7-10-16(18)19/h5-10,14H,2-4,11-12H2,1H3,(H,18,19). The third kappa shape index (κ3) is 4.43. The lowest BCUT2D eigenvalue weighted by Gasteiger charge is -2.24. The number of benzene rings is 1. The van der Waals surface area contributed by atoms with Crippen LogP contribution in [0.3, 0.4) is 0 Å². The van der Waals surface area contributed by atoms with Crippen molar-refractivity contribution in [3.8, 4) is 0 Å². The Labute approximate surface area is 114 Å². The van der Waals surface area contributed by atoms with Crippen LogP contribution < -0.4 is 4.90 Å². The SMILES string of the molecule is CCCN(CC1CC1)c1ccc(C=CC(=O)O)cc1. The van der Waals surface area contributed by atoms with Gasteiger partial charge < -0.3 is 10.0 Å². The van der Waals surface area contributed by atoms with Gasteiger partial charge >= 0.3 is 5.97 Å². The predicted octanol–water partition coefficient (Wildman–Crippen LogP) is 3.41. The van der Waals surface area contributed by atoms with Gasteiger partial charge in [-0.15, -0.1) is 0 Å². The lowest BCUT2D eigenvalue weighted by atomic mass is 10.1. The molecule has 1 aromatic rings. The highest BCUT2D eigenvalue weighted by molar-refractivity contribution is 5.85. The van der Waals surface area contributed by atoms with E-state index in [1.807, 2.05) is 12.1 Å². The zero-order valence-corrected chi connectivity index (χ0v) is 11.4. The molecule has 2 rings (SSSR count). The molecule has 0 heterocycles. The maximum atomic E-state index is 10.5. The van der Waals surface area contributed by atoms with Gasteiger partial charge in [0.2, 0.25) is 0 Å². The summed E-state index contributed by atoms with van der Waals surface area (Å²) in [4.78, 5) is 12.9. The van der Waals surface area contributed by atoms with Crippen LogP contribution in [0.2, 0.25) is 0 Å². The van der Waals surface area contributed by atoms with Gasteiger partial charge in [-0.1, -0.05) is 19.1 Å². The van der Waals surface area contributed by atoms with Crippen LogP contribution in [0.1, 0.15) is 31.7 Å². The summed E-state index contributed by atoms with van der Waals surface area (Å²) >= 11 is 0. The number of anilines is 1. The van der Waals surface area contributed by atoms with Crippen LogP contribution in [0.5, 0.6) is 0 Å². The number of nitrogens with zero attached hydrogens (tertiary/aromatic N) is 1. The van der Waals surface area contributed by atoms with Crippen molar-refractivity contribution >= 4 is 17.7 Å². The average molecular weight is 259 g/mol. The van der Waals surface area contributed by atoms with Crippen LogP contribution in [0.15, 0.2) is 30.3 Å². The summed E-state index contributed by atoms with van der Waals surface area (Å²) in [7, 11) is 0. The Morgan fingerprint density at radius 1 is 1.37 bits per heavy atom. The van der Waals surface area contributed by atoms with Crippen molar-refractivity contribution in [1.82, 2.24) is 0 Å². The van der Waals surface area contributed by atoms with Crippen LogP contribution in [0.4, 0.5) is 5.69 Å². The molecule has 0 bridgehead atoms. The van der Waals surface area contributed by atoms with E-state index in [0.717, 1.165) is 31.0 Å². The van der Waals surface area contributed by atoms with Crippen molar-refractivity contribution in [3.05, 3.63) is 35.9 Å². The van der Waals surface area contributed by atoms with Crippen molar-refractivity contribution in [2.24, 2.45) is 5.92 Å². The lowest BCUT2D eigenvalue weighted by Crippen LogP contribution is -2.26. The molecule has 0 saturated heterocycles. The van der Waals surface area contributed by atoms with Crippen LogP contribution in [-0.2, 0) is 4.79 Å². The van der Waals surface area contributed by atoms with E-state index in [0.29, 0.717) is 0 Å². The van der Waals surface area contributed by atoms with Crippen LogP contribution in [-0.4, -0.2) is 24.2 Å². The highest BCUT2D eigenvalue weighted by Gasteiger charge is 2.24. The lowest BCUT2D eigenvalue weighted by molar-refractivity contribution is -0.131. The Morgan fingerprint density at radius 2 is 2.05 bits per heavy atom. The molecule has 19 heavy (non-hydrogen) atoms. The molecule has 0 spiro atoms. The summed E-state index contributed by atoms with van der Waals surface area (Å²) in [5.74, 6) is -0.0384. The van der Waals surface area contributed by atoms with Gasteiger partial charge in [0.25, 0.3) is 0 Å². The molecule has 0 radical (unpaired) electrons. The second-order valence-electron chi connectivity index (χ2n) is 5.15. The highest BCUT2D eigenvalue weighted by atomic mass is 16.4. The Kier molecular flexibility index (Phi) is 4.61. The van der Waals surface area contributed by atoms with Gasteiger partial charge in [-0.2, -0.15) is 0 Å². The van der Waals surface area contributed by atoms with E-state index < -0.39 is 5.97 Å². The molecule has 3 heteroatoms. The van der Waals surface area contributed by atoms with Gasteiger partial charge in [-0.25, -0.2) is 4.79 Å². The van der Waals surface area contributed by atoms with Crippen LogP contribution in [0, 0.1) is 5.92 Å². The smallest absolute Gasteiger partial charge is 0.328 e. The number of hydrogen-bond donors (Lipinski definition) is 1. The third-order valence-electron chi connectivity index (χ3n) is 3.35. The first-order chi connectivity index (χ1) is 9.19. The normalized spacial score (nSPS) is 14.8. The first-order valence-electron chi connectivity index (χ1n) is 6.95. The quantitative estimate of drug-likeness (QED) is 0.763. The minimum Gasteiger partial charge on any atom is -0.478 e. The molecule has 3 nitrogen and oxygen atoms in total. The molecule has 1 N–H and O–H groups in total. The van der Waals surface area contributed by atoms with Crippen molar-refractivity contribution in [1.29, 1.82) is 0 Å². The van der Waals surface area contributed by atoms with Gasteiger partial charge in [-0.05, 0) is 49.0 Å². The maximum absolute atomic E-state index is 10.5. The fourth-order valence-corrected chi connectivity index (χ4v) is 2.17. The van der Waals surface area contributed by atoms with E-state index >= 15 is 0 Å². The summed E-state index contributed by atoms with van der Waals surface area (Å²) < 4.78 is 0. The fourth-order valence-electron chi connectivity index (χ4n) is 2.17. The molecular weight excluding hydrogens is 238 g/mol. The zero-order valence-electron chi connectivity index (χ0n) is 11.4. The first kappa shape index (κ1) is 13.7. The summed E-state index contributed by atoms with van der Waals surface area (Å²) in [5, 5.41) is 8.60. The van der Waals surface area contributed by atoms with Crippen molar-refractivity contribution in [2.45, 2.75) is 26.2 Å². The first-order valence-corrected chi connectivity index (χ1v) is 6.95.